The van der Waals surface area contributed by atoms with Crippen molar-refractivity contribution in [2.75, 3.05) is 5.32 Å². The number of hydrogen-bond donors (Lipinski definition) is 1. The lowest BCUT2D eigenvalue weighted by molar-refractivity contribution is 0.630. The van der Waals surface area contributed by atoms with Crippen molar-refractivity contribution in [1.29, 1.82) is 0 Å². The summed E-state index contributed by atoms with van der Waals surface area (Å²) in [6, 6.07) is 8.89. The molecule has 2 heterocycles. The molecular weight excluding hydrogens is 267 g/mol. The molecule has 3 rings (SSSR count). The molecule has 0 radical (unpaired) electrons. The summed E-state index contributed by atoms with van der Waals surface area (Å²) < 4.78 is 13.9. The number of benzene rings is 1. The molecule has 5 heteroatoms. The normalized spacial score (nSPS) is 11.0. The number of thiophene rings is 1. The molecule has 0 spiro atoms. The van der Waals surface area contributed by atoms with E-state index in [2.05, 4.69) is 29.4 Å². The average molecular weight is 278 g/mol. The van der Waals surface area contributed by atoms with E-state index in [4.69, 9.17) is 0 Å². The van der Waals surface area contributed by atoms with Crippen LogP contribution >= 0.6 is 22.7 Å². The van der Waals surface area contributed by atoms with Crippen molar-refractivity contribution in [3.05, 3.63) is 45.9 Å². The largest absolute Gasteiger partial charge is 0.357 e. The molecule has 1 aromatic carbocycles. The van der Waals surface area contributed by atoms with E-state index in [-0.39, 0.29) is 5.82 Å². The van der Waals surface area contributed by atoms with Crippen molar-refractivity contribution in [1.82, 2.24) is 4.98 Å². The predicted molar refractivity (Wildman–Crippen MR) is 76.0 cm³/mol. The second-order valence-corrected chi connectivity index (χ2v) is 6.40. The van der Waals surface area contributed by atoms with Gasteiger partial charge in [-0.1, -0.05) is 11.3 Å². The summed E-state index contributed by atoms with van der Waals surface area (Å²) in [5, 5.41) is 4.11. The van der Waals surface area contributed by atoms with Crippen molar-refractivity contribution in [2.24, 2.45) is 0 Å². The number of fused-ring (bicyclic) bond motifs is 1. The number of nitrogens with zero attached hydrogens (tertiary/aromatic N) is 1. The standard InChI is InChI=1S/C13H11FN2S2/c1-8-2-4-10(17-8)7-15-13-16-11-5-3-9(14)6-12(11)18-13/h2-6H,7H2,1H3,(H,15,16). The SMILES string of the molecule is Cc1ccc(CNc2nc3ccc(F)cc3s2)s1. The van der Waals surface area contributed by atoms with Crippen LogP contribution in [0.1, 0.15) is 9.75 Å². The predicted octanol–water partition coefficient (Wildman–Crippen LogP) is 4.42. The fraction of sp³-hybridized carbons (Fsp3) is 0.154. The van der Waals surface area contributed by atoms with Crippen LogP contribution in [0.5, 0.6) is 0 Å². The highest BCUT2D eigenvalue weighted by Gasteiger charge is 2.05. The van der Waals surface area contributed by atoms with Gasteiger partial charge in [0.25, 0.3) is 0 Å². The highest BCUT2D eigenvalue weighted by atomic mass is 32.1. The molecule has 0 saturated carbocycles. The Morgan fingerprint density at radius 3 is 2.89 bits per heavy atom. The third-order valence-corrected chi connectivity index (χ3v) is 4.54. The number of anilines is 1. The van der Waals surface area contributed by atoms with E-state index < -0.39 is 0 Å². The summed E-state index contributed by atoms with van der Waals surface area (Å²) in [6.45, 7) is 2.86. The zero-order valence-electron chi connectivity index (χ0n) is 9.74. The summed E-state index contributed by atoms with van der Waals surface area (Å²) in [6.07, 6.45) is 0. The van der Waals surface area contributed by atoms with Crippen LogP contribution in [0.15, 0.2) is 30.3 Å². The Morgan fingerprint density at radius 1 is 1.22 bits per heavy atom. The molecule has 18 heavy (non-hydrogen) atoms. The highest BCUT2D eigenvalue weighted by Crippen LogP contribution is 2.27. The van der Waals surface area contributed by atoms with Crippen molar-refractivity contribution >= 4 is 38.0 Å². The molecular formula is C13H11FN2S2. The third kappa shape index (κ3) is 2.37. The zero-order chi connectivity index (χ0) is 12.5. The third-order valence-electron chi connectivity index (χ3n) is 2.56. The van der Waals surface area contributed by atoms with Gasteiger partial charge in [0.1, 0.15) is 5.82 Å². The van der Waals surface area contributed by atoms with E-state index in [0.717, 1.165) is 21.9 Å². The Kier molecular flexibility index (Phi) is 3.01. The Labute approximate surface area is 112 Å². The summed E-state index contributed by atoms with van der Waals surface area (Å²) in [5.74, 6) is -0.216. The molecule has 0 unspecified atom stereocenters. The van der Waals surface area contributed by atoms with Gasteiger partial charge in [0.05, 0.1) is 16.8 Å². The smallest absolute Gasteiger partial charge is 0.184 e. The van der Waals surface area contributed by atoms with Gasteiger partial charge in [0.15, 0.2) is 5.13 Å². The fourth-order valence-electron chi connectivity index (χ4n) is 1.72. The van der Waals surface area contributed by atoms with E-state index in [0.29, 0.717) is 0 Å². The summed E-state index contributed by atoms with van der Waals surface area (Å²) >= 11 is 3.25. The summed E-state index contributed by atoms with van der Waals surface area (Å²) in [5.41, 5.74) is 0.839. The minimum Gasteiger partial charge on any atom is -0.357 e. The lowest BCUT2D eigenvalue weighted by atomic mass is 10.3. The molecule has 0 amide bonds. The number of nitrogens with one attached hydrogen (secondary N) is 1. The van der Waals surface area contributed by atoms with Gasteiger partial charge >= 0.3 is 0 Å². The van der Waals surface area contributed by atoms with Crippen LogP contribution in [-0.2, 0) is 6.54 Å². The first-order chi connectivity index (χ1) is 8.70. The van der Waals surface area contributed by atoms with Crippen LogP contribution in [-0.4, -0.2) is 4.98 Å². The van der Waals surface area contributed by atoms with Gasteiger partial charge in [-0.2, -0.15) is 0 Å². The van der Waals surface area contributed by atoms with E-state index in [1.807, 2.05) is 0 Å². The molecule has 0 atom stereocenters. The number of halogens is 1. The van der Waals surface area contributed by atoms with Gasteiger partial charge in [-0.05, 0) is 37.3 Å². The van der Waals surface area contributed by atoms with Crippen LogP contribution in [0, 0.1) is 12.7 Å². The van der Waals surface area contributed by atoms with Crippen LogP contribution < -0.4 is 5.32 Å². The number of rotatable bonds is 3. The highest BCUT2D eigenvalue weighted by molar-refractivity contribution is 7.22. The van der Waals surface area contributed by atoms with Crippen molar-refractivity contribution in [3.8, 4) is 0 Å². The Bertz CT molecular complexity index is 687. The first-order valence-electron chi connectivity index (χ1n) is 5.56. The van der Waals surface area contributed by atoms with Crippen molar-refractivity contribution in [3.63, 3.8) is 0 Å². The van der Waals surface area contributed by atoms with E-state index in [9.17, 15) is 4.39 Å². The maximum atomic E-state index is 13.1. The van der Waals surface area contributed by atoms with Gasteiger partial charge in [-0.25, -0.2) is 9.37 Å². The molecule has 0 fully saturated rings. The van der Waals surface area contributed by atoms with Crippen LogP contribution in [0.25, 0.3) is 10.2 Å². The lowest BCUT2D eigenvalue weighted by Gasteiger charge is -1.98. The van der Waals surface area contributed by atoms with Gasteiger partial charge in [0, 0.05) is 9.75 Å². The quantitative estimate of drug-likeness (QED) is 0.767. The maximum absolute atomic E-state index is 13.1. The molecule has 2 nitrogen and oxygen atoms in total. The fourth-order valence-corrected chi connectivity index (χ4v) is 3.43. The summed E-state index contributed by atoms with van der Waals surface area (Å²) in [4.78, 5) is 7.00. The Morgan fingerprint density at radius 2 is 2.11 bits per heavy atom. The Balaban J connectivity index is 1.78. The summed E-state index contributed by atoms with van der Waals surface area (Å²) in [7, 11) is 0. The minimum absolute atomic E-state index is 0.216. The first kappa shape index (κ1) is 11.6. The maximum Gasteiger partial charge on any atom is 0.184 e. The molecule has 0 aliphatic rings. The molecule has 2 aromatic heterocycles. The molecule has 3 aromatic rings. The molecule has 0 saturated heterocycles. The Hall–Kier alpha value is -1.46. The molecule has 1 N–H and O–H groups in total. The monoisotopic (exact) mass is 278 g/mol. The van der Waals surface area contributed by atoms with E-state index in [1.54, 1.807) is 17.4 Å². The van der Waals surface area contributed by atoms with Gasteiger partial charge in [0.2, 0.25) is 0 Å². The van der Waals surface area contributed by atoms with Crippen LogP contribution in [0.4, 0.5) is 9.52 Å². The van der Waals surface area contributed by atoms with Crippen molar-refractivity contribution in [2.45, 2.75) is 13.5 Å². The molecule has 0 aliphatic heterocycles. The van der Waals surface area contributed by atoms with Crippen LogP contribution in [0.2, 0.25) is 0 Å². The number of hydrogen-bond acceptors (Lipinski definition) is 4. The molecule has 92 valence electrons. The molecule has 0 aliphatic carbocycles. The zero-order valence-corrected chi connectivity index (χ0v) is 11.4. The topological polar surface area (TPSA) is 24.9 Å². The average Bonchev–Trinajstić information content (AvgIpc) is 2.92. The van der Waals surface area contributed by atoms with Gasteiger partial charge in [-0.15, -0.1) is 11.3 Å². The van der Waals surface area contributed by atoms with Gasteiger partial charge in [-0.3, -0.25) is 0 Å². The van der Waals surface area contributed by atoms with Crippen LogP contribution in [0.3, 0.4) is 0 Å². The second-order valence-electron chi connectivity index (χ2n) is 4.00. The minimum atomic E-state index is -0.216. The van der Waals surface area contributed by atoms with E-state index >= 15 is 0 Å². The number of aromatic nitrogens is 1. The molecule has 0 bridgehead atoms. The number of aryl methyl sites for hydroxylation is 1. The second kappa shape index (κ2) is 4.66. The number of thiazole rings is 1. The van der Waals surface area contributed by atoms with Crippen molar-refractivity contribution < 1.29 is 4.39 Å². The van der Waals surface area contributed by atoms with E-state index in [1.165, 1.54) is 33.2 Å². The lowest BCUT2D eigenvalue weighted by Crippen LogP contribution is -1.95. The first-order valence-corrected chi connectivity index (χ1v) is 7.19. The van der Waals surface area contributed by atoms with Gasteiger partial charge < -0.3 is 5.32 Å².